The average molecular weight is 342 g/mol. The molecule has 0 heterocycles. The van der Waals surface area contributed by atoms with Crippen LogP contribution in [-0.2, 0) is 17.9 Å². The second-order valence-electron chi connectivity index (χ2n) is 4.30. The minimum absolute atomic E-state index is 0.249. The third-order valence-corrected chi connectivity index (χ3v) is 3.51. The summed E-state index contributed by atoms with van der Waals surface area (Å²) in [5, 5.41) is 2.98. The van der Waals surface area contributed by atoms with Gasteiger partial charge in [0, 0.05) is 24.2 Å². The van der Waals surface area contributed by atoms with Crippen LogP contribution in [0.15, 0.2) is 40.9 Å². The normalized spacial score (nSPS) is 10.6. The third kappa shape index (κ3) is 3.55. The van der Waals surface area contributed by atoms with Crippen molar-refractivity contribution in [2.75, 3.05) is 12.4 Å². The number of nitrogens with one attached hydrogen (secondary N) is 1. The number of methoxy groups -OCH3 is 1. The number of rotatable bonds is 5. The molecule has 0 aliphatic rings. The second kappa shape index (κ2) is 6.81. The number of ether oxygens (including phenoxy) is 1. The molecule has 2 aromatic carbocycles. The van der Waals surface area contributed by atoms with Crippen LogP contribution in [0.3, 0.4) is 0 Å². The lowest BCUT2D eigenvalue weighted by Gasteiger charge is -2.13. The van der Waals surface area contributed by atoms with Gasteiger partial charge < -0.3 is 10.1 Å². The fraction of sp³-hybridized carbons (Fsp3) is 0.200. The van der Waals surface area contributed by atoms with Gasteiger partial charge in [0.2, 0.25) is 0 Å². The first-order valence-corrected chi connectivity index (χ1v) is 6.85. The van der Waals surface area contributed by atoms with E-state index in [0.29, 0.717) is 17.6 Å². The SMILES string of the molecule is COCc1ccccc1CNc1c(F)cc(F)cc1Br. The van der Waals surface area contributed by atoms with E-state index in [4.69, 9.17) is 4.74 Å². The van der Waals surface area contributed by atoms with Gasteiger partial charge in [-0.15, -0.1) is 0 Å². The number of hydrogen-bond acceptors (Lipinski definition) is 2. The van der Waals surface area contributed by atoms with Crippen LogP contribution in [0, 0.1) is 11.6 Å². The van der Waals surface area contributed by atoms with Crippen LogP contribution in [0.4, 0.5) is 14.5 Å². The van der Waals surface area contributed by atoms with Crippen molar-refractivity contribution in [2.45, 2.75) is 13.2 Å². The Bertz CT molecular complexity index is 581. The summed E-state index contributed by atoms with van der Waals surface area (Å²) < 4.78 is 32.2. The lowest BCUT2D eigenvalue weighted by molar-refractivity contribution is 0.184. The topological polar surface area (TPSA) is 21.3 Å². The van der Waals surface area contributed by atoms with Crippen molar-refractivity contribution in [3.05, 3.63) is 63.6 Å². The molecule has 0 saturated carbocycles. The standard InChI is InChI=1S/C15H14BrF2NO/c1-20-9-11-5-3-2-4-10(11)8-19-15-13(16)6-12(17)7-14(15)18/h2-7,19H,8-9H2,1H3. The Kier molecular flexibility index (Phi) is 5.09. The van der Waals surface area contributed by atoms with Crippen LogP contribution >= 0.6 is 15.9 Å². The maximum absolute atomic E-state index is 13.7. The minimum atomic E-state index is -0.624. The van der Waals surface area contributed by atoms with Gasteiger partial charge >= 0.3 is 0 Å². The highest BCUT2D eigenvalue weighted by molar-refractivity contribution is 9.10. The molecule has 0 unspecified atom stereocenters. The Morgan fingerprint density at radius 1 is 1.15 bits per heavy atom. The molecule has 0 spiro atoms. The molecule has 0 atom stereocenters. The summed E-state index contributed by atoms with van der Waals surface area (Å²) >= 11 is 3.15. The fourth-order valence-electron chi connectivity index (χ4n) is 1.92. The van der Waals surface area contributed by atoms with E-state index in [0.717, 1.165) is 17.2 Å². The predicted molar refractivity (Wildman–Crippen MR) is 78.5 cm³/mol. The summed E-state index contributed by atoms with van der Waals surface area (Å²) in [6.07, 6.45) is 0. The smallest absolute Gasteiger partial charge is 0.150 e. The molecule has 5 heteroatoms. The first-order valence-electron chi connectivity index (χ1n) is 6.06. The van der Waals surface area contributed by atoms with Gasteiger partial charge in [0.1, 0.15) is 11.6 Å². The molecular weight excluding hydrogens is 328 g/mol. The number of halogens is 3. The summed E-state index contributed by atoms with van der Waals surface area (Å²) in [6, 6.07) is 9.81. The van der Waals surface area contributed by atoms with Gasteiger partial charge in [-0.1, -0.05) is 24.3 Å². The molecule has 2 rings (SSSR count). The lowest BCUT2D eigenvalue weighted by Crippen LogP contribution is -2.06. The molecule has 0 aromatic heterocycles. The minimum Gasteiger partial charge on any atom is -0.380 e. The van der Waals surface area contributed by atoms with Crippen molar-refractivity contribution in [2.24, 2.45) is 0 Å². The number of anilines is 1. The van der Waals surface area contributed by atoms with Gasteiger partial charge in [-0.2, -0.15) is 0 Å². The molecule has 2 aromatic rings. The Morgan fingerprint density at radius 3 is 2.50 bits per heavy atom. The van der Waals surface area contributed by atoms with Gasteiger partial charge in [-0.05, 0) is 33.1 Å². The summed E-state index contributed by atoms with van der Waals surface area (Å²) in [4.78, 5) is 0. The molecular formula is C15H14BrF2NO. The second-order valence-corrected chi connectivity index (χ2v) is 5.15. The highest BCUT2D eigenvalue weighted by Crippen LogP contribution is 2.27. The van der Waals surface area contributed by atoms with E-state index in [1.54, 1.807) is 7.11 Å². The molecule has 0 radical (unpaired) electrons. The molecule has 0 fully saturated rings. The maximum atomic E-state index is 13.7. The Hall–Kier alpha value is -1.46. The van der Waals surface area contributed by atoms with Crippen molar-refractivity contribution in [1.29, 1.82) is 0 Å². The Morgan fingerprint density at radius 2 is 1.85 bits per heavy atom. The summed E-state index contributed by atoms with van der Waals surface area (Å²) in [5.74, 6) is -1.24. The summed E-state index contributed by atoms with van der Waals surface area (Å²) in [5.41, 5.74) is 2.28. The largest absolute Gasteiger partial charge is 0.380 e. The lowest BCUT2D eigenvalue weighted by atomic mass is 10.1. The first kappa shape index (κ1) is 14.9. The Balaban J connectivity index is 2.17. The maximum Gasteiger partial charge on any atom is 0.150 e. The summed E-state index contributed by atoms with van der Waals surface area (Å²) in [6.45, 7) is 0.922. The number of hydrogen-bond donors (Lipinski definition) is 1. The van der Waals surface area contributed by atoms with Gasteiger partial charge in [0.05, 0.1) is 12.3 Å². The van der Waals surface area contributed by atoms with Crippen molar-refractivity contribution >= 4 is 21.6 Å². The molecule has 106 valence electrons. The van der Waals surface area contributed by atoms with Crippen molar-refractivity contribution in [3.63, 3.8) is 0 Å². The molecule has 0 saturated heterocycles. The van der Waals surface area contributed by atoms with E-state index in [2.05, 4.69) is 21.2 Å². The zero-order chi connectivity index (χ0) is 14.5. The van der Waals surface area contributed by atoms with Crippen LogP contribution in [0.1, 0.15) is 11.1 Å². The molecule has 20 heavy (non-hydrogen) atoms. The van der Waals surface area contributed by atoms with Gasteiger partial charge in [0.25, 0.3) is 0 Å². The van der Waals surface area contributed by atoms with Gasteiger partial charge in [-0.3, -0.25) is 0 Å². The van der Waals surface area contributed by atoms with E-state index in [1.165, 1.54) is 6.07 Å². The van der Waals surface area contributed by atoms with Crippen LogP contribution in [0.25, 0.3) is 0 Å². The zero-order valence-electron chi connectivity index (χ0n) is 10.9. The van der Waals surface area contributed by atoms with Crippen LogP contribution in [0.2, 0.25) is 0 Å². The molecule has 0 bridgehead atoms. The monoisotopic (exact) mass is 341 g/mol. The van der Waals surface area contributed by atoms with E-state index >= 15 is 0 Å². The van der Waals surface area contributed by atoms with Crippen LogP contribution < -0.4 is 5.32 Å². The van der Waals surface area contributed by atoms with Gasteiger partial charge in [-0.25, -0.2) is 8.78 Å². The molecule has 1 N–H and O–H groups in total. The Labute approximate surface area is 124 Å². The highest BCUT2D eigenvalue weighted by atomic mass is 79.9. The van der Waals surface area contributed by atoms with E-state index in [1.807, 2.05) is 24.3 Å². The van der Waals surface area contributed by atoms with Crippen molar-refractivity contribution in [1.82, 2.24) is 0 Å². The molecule has 2 nitrogen and oxygen atoms in total. The fourth-order valence-corrected chi connectivity index (χ4v) is 2.47. The molecule has 0 amide bonds. The molecule has 0 aliphatic heterocycles. The number of benzene rings is 2. The van der Waals surface area contributed by atoms with E-state index in [9.17, 15) is 8.78 Å². The van der Waals surface area contributed by atoms with Crippen molar-refractivity contribution in [3.8, 4) is 0 Å². The van der Waals surface area contributed by atoms with Crippen LogP contribution in [-0.4, -0.2) is 7.11 Å². The highest BCUT2D eigenvalue weighted by Gasteiger charge is 2.10. The summed E-state index contributed by atoms with van der Waals surface area (Å²) in [7, 11) is 1.63. The van der Waals surface area contributed by atoms with E-state index < -0.39 is 11.6 Å². The van der Waals surface area contributed by atoms with Crippen molar-refractivity contribution < 1.29 is 13.5 Å². The predicted octanol–water partition coefficient (Wildman–Crippen LogP) is 4.49. The average Bonchev–Trinajstić information content (AvgIpc) is 2.39. The quantitative estimate of drug-likeness (QED) is 0.865. The zero-order valence-corrected chi connectivity index (χ0v) is 12.5. The van der Waals surface area contributed by atoms with Crippen LogP contribution in [0.5, 0.6) is 0 Å². The first-order chi connectivity index (χ1) is 9.61. The third-order valence-electron chi connectivity index (χ3n) is 2.88. The molecule has 0 aliphatic carbocycles. The van der Waals surface area contributed by atoms with Gasteiger partial charge in [0.15, 0.2) is 0 Å². The van der Waals surface area contributed by atoms with E-state index in [-0.39, 0.29) is 5.69 Å².